The van der Waals surface area contributed by atoms with Gasteiger partial charge in [-0.05, 0) is 45.1 Å². The number of allylic oxidation sites excluding steroid dienone is 4. The first-order chi connectivity index (χ1) is 7.66. The van der Waals surface area contributed by atoms with Gasteiger partial charge in [-0.25, -0.2) is 4.79 Å². The van der Waals surface area contributed by atoms with Gasteiger partial charge in [0.25, 0.3) is 0 Å². The van der Waals surface area contributed by atoms with Gasteiger partial charge in [-0.15, -0.1) is 0 Å². The first-order valence-corrected chi connectivity index (χ1v) is 5.86. The van der Waals surface area contributed by atoms with Crippen molar-refractivity contribution in [3.05, 3.63) is 34.4 Å². The molecule has 1 aliphatic heterocycles. The highest BCUT2D eigenvalue weighted by atomic mass is 16.5. The van der Waals surface area contributed by atoms with Crippen LogP contribution in [0.25, 0.3) is 0 Å². The van der Waals surface area contributed by atoms with Gasteiger partial charge < -0.3 is 4.74 Å². The molecule has 0 radical (unpaired) electrons. The van der Waals surface area contributed by atoms with Gasteiger partial charge in [0.2, 0.25) is 0 Å². The van der Waals surface area contributed by atoms with Crippen LogP contribution in [0.3, 0.4) is 0 Å². The maximum Gasteiger partial charge on any atom is 0.334 e. The Morgan fingerprint density at radius 1 is 1.50 bits per heavy atom. The van der Waals surface area contributed by atoms with Gasteiger partial charge >= 0.3 is 5.97 Å². The Hall–Kier alpha value is -1.31. The van der Waals surface area contributed by atoms with E-state index in [1.807, 2.05) is 0 Å². The smallest absolute Gasteiger partial charge is 0.334 e. The predicted molar refractivity (Wildman–Crippen MR) is 64.0 cm³/mol. The number of carbonyl (C=O) groups excluding carboxylic acids is 1. The lowest BCUT2D eigenvalue weighted by Gasteiger charge is -2.12. The van der Waals surface area contributed by atoms with E-state index >= 15 is 0 Å². The molecule has 2 heteroatoms. The Kier molecular flexibility index (Phi) is 3.28. The predicted octanol–water partition coefficient (Wildman–Crippen LogP) is 3.31. The van der Waals surface area contributed by atoms with E-state index < -0.39 is 0 Å². The van der Waals surface area contributed by atoms with E-state index in [4.69, 9.17) is 4.74 Å². The summed E-state index contributed by atoms with van der Waals surface area (Å²) in [5.74, 6) is -0.102. The van der Waals surface area contributed by atoms with Crippen molar-refractivity contribution in [2.75, 3.05) is 6.61 Å². The van der Waals surface area contributed by atoms with Gasteiger partial charge in [-0.2, -0.15) is 0 Å². The monoisotopic (exact) mass is 218 g/mol. The maximum absolute atomic E-state index is 11.3. The van der Waals surface area contributed by atoms with E-state index in [1.165, 1.54) is 16.7 Å². The summed E-state index contributed by atoms with van der Waals surface area (Å²) in [4.78, 5) is 11.3. The third-order valence-corrected chi connectivity index (χ3v) is 3.10. The summed E-state index contributed by atoms with van der Waals surface area (Å²) < 4.78 is 5.03. The van der Waals surface area contributed by atoms with E-state index in [0.717, 1.165) is 31.3 Å². The topological polar surface area (TPSA) is 26.3 Å². The molecule has 0 aromatic heterocycles. The van der Waals surface area contributed by atoms with Gasteiger partial charge in [0.1, 0.15) is 6.61 Å². The summed E-state index contributed by atoms with van der Waals surface area (Å²) in [6.07, 6.45) is 8.39. The maximum atomic E-state index is 11.3. The second-order valence-electron chi connectivity index (χ2n) is 4.72. The molecular formula is C14H18O2. The Labute approximate surface area is 96.7 Å². The van der Waals surface area contributed by atoms with Crippen LogP contribution in [0.4, 0.5) is 0 Å². The molecule has 0 aromatic rings. The second kappa shape index (κ2) is 4.69. The molecular weight excluding hydrogens is 200 g/mol. The normalized spacial score (nSPS) is 19.1. The van der Waals surface area contributed by atoms with Crippen LogP contribution in [0.2, 0.25) is 0 Å². The molecule has 0 saturated carbocycles. The van der Waals surface area contributed by atoms with Crippen LogP contribution in [0.15, 0.2) is 34.4 Å². The van der Waals surface area contributed by atoms with Gasteiger partial charge in [-0.3, -0.25) is 0 Å². The van der Waals surface area contributed by atoms with Crippen molar-refractivity contribution < 1.29 is 9.53 Å². The van der Waals surface area contributed by atoms with Crippen molar-refractivity contribution in [3.63, 3.8) is 0 Å². The van der Waals surface area contributed by atoms with Crippen LogP contribution < -0.4 is 0 Å². The number of ether oxygens (including phenoxy) is 1. The lowest BCUT2D eigenvalue weighted by Crippen LogP contribution is -2.01. The summed E-state index contributed by atoms with van der Waals surface area (Å²) in [5.41, 5.74) is 4.94. The van der Waals surface area contributed by atoms with Crippen molar-refractivity contribution in [2.45, 2.75) is 39.5 Å². The average molecular weight is 218 g/mol. The molecule has 1 heterocycles. The van der Waals surface area contributed by atoms with Gasteiger partial charge in [0.15, 0.2) is 0 Å². The molecule has 0 amide bonds. The van der Waals surface area contributed by atoms with Crippen LogP contribution in [0.5, 0.6) is 0 Å². The fourth-order valence-electron chi connectivity index (χ4n) is 2.19. The minimum Gasteiger partial charge on any atom is -0.458 e. The highest BCUT2D eigenvalue weighted by molar-refractivity contribution is 5.92. The first kappa shape index (κ1) is 11.2. The molecule has 0 aromatic carbocycles. The van der Waals surface area contributed by atoms with Crippen LogP contribution in [0.1, 0.15) is 39.5 Å². The van der Waals surface area contributed by atoms with Crippen molar-refractivity contribution in [3.8, 4) is 0 Å². The Morgan fingerprint density at radius 2 is 2.31 bits per heavy atom. The standard InChI is InChI=1S/C14H18O2/c1-10(2)4-3-5-11-6-7-13-12(8-11)9-16-14(13)15/h4,6H,3,5,7-9H2,1-2H3. The quantitative estimate of drug-likeness (QED) is 0.536. The number of esters is 1. The zero-order chi connectivity index (χ0) is 11.5. The molecule has 1 aliphatic carbocycles. The zero-order valence-corrected chi connectivity index (χ0v) is 10.0. The van der Waals surface area contributed by atoms with E-state index in [2.05, 4.69) is 26.0 Å². The van der Waals surface area contributed by atoms with Gasteiger partial charge in [0, 0.05) is 5.57 Å². The van der Waals surface area contributed by atoms with Crippen LogP contribution in [-0.4, -0.2) is 12.6 Å². The fraction of sp³-hybridized carbons (Fsp3) is 0.500. The summed E-state index contributed by atoms with van der Waals surface area (Å²) >= 11 is 0. The second-order valence-corrected chi connectivity index (χ2v) is 4.72. The molecule has 2 aliphatic rings. The molecule has 0 saturated heterocycles. The Morgan fingerprint density at radius 3 is 3.06 bits per heavy atom. The molecule has 0 spiro atoms. The Balaban J connectivity index is 1.90. The summed E-state index contributed by atoms with van der Waals surface area (Å²) in [7, 11) is 0. The molecule has 2 rings (SSSR count). The van der Waals surface area contributed by atoms with Crippen LogP contribution >= 0.6 is 0 Å². The third-order valence-electron chi connectivity index (χ3n) is 3.10. The lowest BCUT2D eigenvalue weighted by atomic mass is 9.91. The van der Waals surface area contributed by atoms with Crippen LogP contribution in [-0.2, 0) is 9.53 Å². The number of hydrogen-bond donors (Lipinski definition) is 0. The molecule has 2 nitrogen and oxygen atoms in total. The van der Waals surface area contributed by atoms with Gasteiger partial charge in [0.05, 0.1) is 0 Å². The van der Waals surface area contributed by atoms with Crippen molar-refractivity contribution in [2.24, 2.45) is 0 Å². The number of carbonyl (C=O) groups is 1. The summed E-state index contributed by atoms with van der Waals surface area (Å²) in [6, 6.07) is 0. The van der Waals surface area contributed by atoms with Gasteiger partial charge in [-0.1, -0.05) is 23.3 Å². The largest absolute Gasteiger partial charge is 0.458 e. The molecule has 0 N–H and O–H groups in total. The molecule has 16 heavy (non-hydrogen) atoms. The molecule has 0 bridgehead atoms. The highest BCUT2D eigenvalue weighted by Crippen LogP contribution is 2.31. The van der Waals surface area contributed by atoms with E-state index in [0.29, 0.717) is 6.61 Å². The minimum absolute atomic E-state index is 0.102. The summed E-state index contributed by atoms with van der Waals surface area (Å²) in [5, 5.41) is 0. The molecule has 0 atom stereocenters. The first-order valence-electron chi connectivity index (χ1n) is 5.86. The number of cyclic esters (lactones) is 1. The number of hydrogen-bond acceptors (Lipinski definition) is 2. The number of rotatable bonds is 3. The van der Waals surface area contributed by atoms with Crippen molar-refractivity contribution in [1.82, 2.24) is 0 Å². The highest BCUT2D eigenvalue weighted by Gasteiger charge is 2.26. The van der Waals surface area contributed by atoms with Crippen LogP contribution in [0, 0.1) is 0 Å². The fourth-order valence-corrected chi connectivity index (χ4v) is 2.19. The van der Waals surface area contributed by atoms with E-state index in [-0.39, 0.29) is 5.97 Å². The SMILES string of the molecule is CC(C)=CCCC1=CCC2=C(COC2=O)C1. The van der Waals surface area contributed by atoms with E-state index in [9.17, 15) is 4.79 Å². The third kappa shape index (κ3) is 2.43. The summed E-state index contributed by atoms with van der Waals surface area (Å²) in [6.45, 7) is 4.77. The molecule has 86 valence electrons. The lowest BCUT2D eigenvalue weighted by molar-refractivity contribution is -0.136. The molecule has 0 fully saturated rings. The average Bonchev–Trinajstić information content (AvgIpc) is 2.60. The van der Waals surface area contributed by atoms with Crippen molar-refractivity contribution in [1.29, 1.82) is 0 Å². The van der Waals surface area contributed by atoms with Crippen molar-refractivity contribution >= 4 is 5.97 Å². The van der Waals surface area contributed by atoms with E-state index in [1.54, 1.807) is 0 Å². The molecule has 0 unspecified atom stereocenters. The zero-order valence-electron chi connectivity index (χ0n) is 10.0. The minimum atomic E-state index is -0.102. The Bertz CT molecular complexity index is 393.